The first kappa shape index (κ1) is 16.7. The van der Waals surface area contributed by atoms with Crippen molar-refractivity contribution in [3.8, 4) is 5.75 Å². The summed E-state index contributed by atoms with van der Waals surface area (Å²) in [5.74, 6) is 1.08. The largest absolute Gasteiger partial charge is 0.497 e. The van der Waals surface area contributed by atoms with Crippen LogP contribution >= 0.6 is 0 Å². The number of likely N-dealkylation sites (tertiary alicyclic amines) is 1. The van der Waals surface area contributed by atoms with Gasteiger partial charge in [-0.25, -0.2) is 0 Å². The number of methoxy groups -OCH3 is 1. The molecule has 128 valence electrons. The van der Waals surface area contributed by atoms with Gasteiger partial charge in [0.2, 0.25) is 0 Å². The minimum atomic E-state index is 0.0931. The van der Waals surface area contributed by atoms with E-state index in [1.165, 1.54) is 0 Å². The second-order valence-electron chi connectivity index (χ2n) is 6.36. The molecule has 1 unspecified atom stereocenters. The highest BCUT2D eigenvalue weighted by Gasteiger charge is 2.26. The van der Waals surface area contributed by atoms with Crippen LogP contribution in [0.3, 0.4) is 0 Å². The number of carbonyl (C=O) groups excluding carboxylic acids is 1. The highest BCUT2D eigenvalue weighted by molar-refractivity contribution is 5.98. The first-order valence-corrected chi connectivity index (χ1v) is 8.64. The average Bonchev–Trinajstić information content (AvgIpc) is 3.15. The van der Waals surface area contributed by atoms with Crippen molar-refractivity contribution in [1.29, 1.82) is 0 Å². The molecule has 1 aromatic heterocycles. The van der Waals surface area contributed by atoms with Crippen molar-refractivity contribution >= 4 is 5.78 Å². The number of nitrogens with zero attached hydrogens (tertiary/aromatic N) is 3. The van der Waals surface area contributed by atoms with Crippen molar-refractivity contribution in [3.05, 3.63) is 48.3 Å². The number of benzene rings is 1. The Morgan fingerprint density at radius 1 is 1.33 bits per heavy atom. The van der Waals surface area contributed by atoms with Gasteiger partial charge >= 0.3 is 0 Å². The van der Waals surface area contributed by atoms with Crippen molar-refractivity contribution < 1.29 is 9.53 Å². The van der Waals surface area contributed by atoms with E-state index >= 15 is 0 Å². The van der Waals surface area contributed by atoms with E-state index in [1.807, 2.05) is 47.4 Å². The van der Waals surface area contributed by atoms with E-state index in [-0.39, 0.29) is 11.7 Å². The van der Waals surface area contributed by atoms with Gasteiger partial charge in [-0.1, -0.05) is 12.1 Å². The number of rotatable bonds is 7. The summed E-state index contributed by atoms with van der Waals surface area (Å²) in [6.45, 7) is 3.88. The highest BCUT2D eigenvalue weighted by atomic mass is 16.5. The third-order valence-corrected chi connectivity index (χ3v) is 4.65. The first-order valence-electron chi connectivity index (χ1n) is 8.64. The number of hydrogen-bond donors (Lipinski definition) is 0. The van der Waals surface area contributed by atoms with Crippen molar-refractivity contribution in [2.24, 2.45) is 5.92 Å². The fourth-order valence-corrected chi connectivity index (χ4v) is 3.37. The van der Waals surface area contributed by atoms with Gasteiger partial charge in [0.05, 0.1) is 7.11 Å². The molecule has 0 spiro atoms. The van der Waals surface area contributed by atoms with Crippen molar-refractivity contribution in [3.63, 3.8) is 0 Å². The minimum absolute atomic E-state index is 0.0931. The summed E-state index contributed by atoms with van der Waals surface area (Å²) >= 11 is 0. The summed E-state index contributed by atoms with van der Waals surface area (Å²) in [7, 11) is 1.63. The van der Waals surface area contributed by atoms with Crippen LogP contribution in [0, 0.1) is 5.92 Å². The summed E-state index contributed by atoms with van der Waals surface area (Å²) < 4.78 is 7.19. The lowest BCUT2D eigenvalue weighted by atomic mass is 9.90. The maximum Gasteiger partial charge on any atom is 0.167 e. The Morgan fingerprint density at radius 2 is 2.25 bits per heavy atom. The Balaban J connectivity index is 1.53. The van der Waals surface area contributed by atoms with Crippen LogP contribution in [0.5, 0.6) is 5.75 Å². The Labute approximate surface area is 143 Å². The standard InChI is InChI=1S/C19H25N3O2/c1-24-18-8-2-6-16(14-18)19(23)17-7-3-10-21(15-17)11-5-13-22-12-4-9-20-22/h2,4,6,8-9,12,14,17H,3,5,7,10-11,13,15H2,1H3. The van der Waals surface area contributed by atoms with E-state index in [4.69, 9.17) is 4.74 Å². The maximum atomic E-state index is 12.8. The molecule has 0 radical (unpaired) electrons. The van der Waals surface area contributed by atoms with Gasteiger partial charge in [-0.05, 0) is 50.6 Å². The lowest BCUT2D eigenvalue weighted by molar-refractivity contribution is 0.0816. The van der Waals surface area contributed by atoms with E-state index in [1.54, 1.807) is 7.11 Å². The third kappa shape index (κ3) is 4.23. The van der Waals surface area contributed by atoms with Gasteiger partial charge in [0.1, 0.15) is 5.75 Å². The number of Topliss-reactive ketones (excluding diaryl/α,β-unsaturated/α-hetero) is 1. The summed E-state index contributed by atoms with van der Waals surface area (Å²) in [6.07, 6.45) is 6.92. The Kier molecular flexibility index (Phi) is 5.64. The predicted molar refractivity (Wildman–Crippen MR) is 93.3 cm³/mol. The SMILES string of the molecule is COc1cccc(C(=O)C2CCCN(CCCn3cccn3)C2)c1. The number of ketones is 1. The number of piperidine rings is 1. The second-order valence-corrected chi connectivity index (χ2v) is 6.36. The zero-order valence-corrected chi connectivity index (χ0v) is 14.2. The van der Waals surface area contributed by atoms with E-state index in [0.717, 1.165) is 56.8 Å². The lowest BCUT2D eigenvalue weighted by Gasteiger charge is -2.32. The molecule has 0 saturated carbocycles. The quantitative estimate of drug-likeness (QED) is 0.734. The molecule has 0 bridgehead atoms. The van der Waals surface area contributed by atoms with E-state index in [9.17, 15) is 4.79 Å². The van der Waals surface area contributed by atoms with Gasteiger partial charge in [0, 0.05) is 37.0 Å². The van der Waals surface area contributed by atoms with Crippen LogP contribution < -0.4 is 4.74 Å². The van der Waals surface area contributed by atoms with Crippen LogP contribution in [0.1, 0.15) is 29.6 Å². The molecule has 0 amide bonds. The molecule has 2 heterocycles. The molecule has 1 aliphatic heterocycles. The minimum Gasteiger partial charge on any atom is -0.497 e. The third-order valence-electron chi connectivity index (χ3n) is 4.65. The molecule has 5 heteroatoms. The van der Waals surface area contributed by atoms with Gasteiger partial charge in [-0.2, -0.15) is 5.10 Å². The number of aryl methyl sites for hydroxylation is 1. The number of carbonyl (C=O) groups is 1. The molecule has 1 fully saturated rings. The summed E-state index contributed by atoms with van der Waals surface area (Å²) in [5.41, 5.74) is 0.762. The van der Waals surface area contributed by atoms with Gasteiger partial charge in [-0.3, -0.25) is 9.48 Å². The normalized spacial score (nSPS) is 18.5. The van der Waals surface area contributed by atoms with Crippen LogP contribution in [0.25, 0.3) is 0 Å². The molecule has 1 atom stereocenters. The van der Waals surface area contributed by atoms with Crippen molar-refractivity contribution in [2.75, 3.05) is 26.7 Å². The predicted octanol–water partition coefficient (Wildman–Crippen LogP) is 2.88. The van der Waals surface area contributed by atoms with Gasteiger partial charge < -0.3 is 9.64 Å². The fraction of sp³-hybridized carbons (Fsp3) is 0.474. The van der Waals surface area contributed by atoms with Crippen LogP contribution in [-0.4, -0.2) is 47.2 Å². The fourth-order valence-electron chi connectivity index (χ4n) is 3.37. The molecule has 2 aromatic rings. The molecule has 3 rings (SSSR count). The smallest absolute Gasteiger partial charge is 0.167 e. The van der Waals surface area contributed by atoms with Crippen LogP contribution in [0.2, 0.25) is 0 Å². The molecule has 0 N–H and O–H groups in total. The lowest BCUT2D eigenvalue weighted by Crippen LogP contribution is -2.39. The summed E-state index contributed by atoms with van der Waals surface area (Å²) in [6, 6.07) is 9.44. The topological polar surface area (TPSA) is 47.4 Å². The van der Waals surface area contributed by atoms with Crippen LogP contribution in [0.4, 0.5) is 0 Å². The van der Waals surface area contributed by atoms with Crippen LogP contribution in [-0.2, 0) is 6.54 Å². The number of aromatic nitrogens is 2. The molecule has 1 aromatic carbocycles. The maximum absolute atomic E-state index is 12.8. The first-order chi connectivity index (χ1) is 11.8. The Hall–Kier alpha value is -2.14. The summed E-state index contributed by atoms with van der Waals surface area (Å²) in [5, 5.41) is 4.23. The molecule has 5 nitrogen and oxygen atoms in total. The molecular weight excluding hydrogens is 302 g/mol. The van der Waals surface area contributed by atoms with E-state index < -0.39 is 0 Å². The van der Waals surface area contributed by atoms with Gasteiger partial charge in [-0.15, -0.1) is 0 Å². The molecular formula is C19H25N3O2. The number of ether oxygens (including phenoxy) is 1. The average molecular weight is 327 g/mol. The van der Waals surface area contributed by atoms with Crippen LogP contribution in [0.15, 0.2) is 42.7 Å². The molecule has 0 aliphatic carbocycles. The Bertz CT molecular complexity index is 654. The molecule has 24 heavy (non-hydrogen) atoms. The van der Waals surface area contributed by atoms with Gasteiger partial charge in [0.15, 0.2) is 5.78 Å². The zero-order chi connectivity index (χ0) is 16.8. The van der Waals surface area contributed by atoms with Crippen molar-refractivity contribution in [2.45, 2.75) is 25.8 Å². The zero-order valence-electron chi connectivity index (χ0n) is 14.2. The van der Waals surface area contributed by atoms with E-state index in [2.05, 4.69) is 10.00 Å². The highest BCUT2D eigenvalue weighted by Crippen LogP contribution is 2.23. The van der Waals surface area contributed by atoms with E-state index in [0.29, 0.717) is 0 Å². The molecule has 1 aliphatic rings. The summed E-state index contributed by atoms with van der Waals surface area (Å²) in [4.78, 5) is 15.2. The second kappa shape index (κ2) is 8.11. The van der Waals surface area contributed by atoms with Crippen molar-refractivity contribution in [1.82, 2.24) is 14.7 Å². The molecule has 1 saturated heterocycles. The van der Waals surface area contributed by atoms with Gasteiger partial charge in [0.25, 0.3) is 0 Å². The number of hydrogen-bond acceptors (Lipinski definition) is 4. The Morgan fingerprint density at radius 3 is 3.04 bits per heavy atom. The monoisotopic (exact) mass is 327 g/mol.